The van der Waals surface area contributed by atoms with Gasteiger partial charge >= 0.3 is 6.18 Å². The molecule has 0 aliphatic heterocycles. The summed E-state index contributed by atoms with van der Waals surface area (Å²) in [7, 11) is 0. The predicted octanol–water partition coefficient (Wildman–Crippen LogP) is 3.71. The quantitative estimate of drug-likeness (QED) is 0.756. The van der Waals surface area contributed by atoms with E-state index in [1.165, 1.54) is 6.07 Å². The normalized spacial score (nSPS) is 12.0. The Morgan fingerprint density at radius 3 is 2.52 bits per heavy atom. The van der Waals surface area contributed by atoms with Crippen LogP contribution in [-0.2, 0) is 12.7 Å². The van der Waals surface area contributed by atoms with Crippen molar-refractivity contribution in [2.24, 2.45) is 5.73 Å². The maximum atomic E-state index is 12.7. The zero-order chi connectivity index (χ0) is 15.0. The number of H-pyrrole nitrogens is 1. The van der Waals surface area contributed by atoms with Crippen molar-refractivity contribution in [2.45, 2.75) is 12.7 Å². The minimum atomic E-state index is -4.35. The van der Waals surface area contributed by atoms with Gasteiger partial charge in [-0.05, 0) is 29.8 Å². The molecule has 0 aliphatic carbocycles. The first-order valence-corrected chi connectivity index (χ1v) is 6.33. The summed E-state index contributed by atoms with van der Waals surface area (Å²) in [5.74, 6) is 0. The van der Waals surface area contributed by atoms with Gasteiger partial charge in [-0.1, -0.05) is 12.1 Å². The Kier molecular flexibility index (Phi) is 3.17. The smallest absolute Gasteiger partial charge is 0.353 e. The van der Waals surface area contributed by atoms with Crippen LogP contribution in [0.2, 0.25) is 0 Å². The molecule has 3 N–H and O–H groups in total. The summed E-state index contributed by atoms with van der Waals surface area (Å²) < 4.78 is 38.1. The molecule has 0 radical (unpaired) electrons. The monoisotopic (exact) mass is 291 g/mol. The van der Waals surface area contributed by atoms with Gasteiger partial charge in [0, 0.05) is 23.6 Å². The molecule has 2 aromatic heterocycles. The van der Waals surface area contributed by atoms with E-state index in [2.05, 4.69) is 9.97 Å². The molecule has 0 saturated heterocycles. The van der Waals surface area contributed by atoms with Crippen molar-refractivity contribution in [3.8, 4) is 11.4 Å². The minimum Gasteiger partial charge on any atom is -0.353 e. The van der Waals surface area contributed by atoms with Crippen LogP contribution in [-0.4, -0.2) is 9.97 Å². The molecular weight excluding hydrogens is 279 g/mol. The first kappa shape index (κ1) is 13.6. The maximum absolute atomic E-state index is 12.7. The fraction of sp³-hybridized carbons (Fsp3) is 0.133. The van der Waals surface area contributed by atoms with Gasteiger partial charge in [0.25, 0.3) is 0 Å². The number of aromatic amines is 1. The molecule has 0 bridgehead atoms. The second-order valence-corrected chi connectivity index (χ2v) is 4.74. The molecule has 0 aliphatic rings. The molecule has 6 heteroatoms. The molecule has 0 atom stereocenters. The largest absolute Gasteiger partial charge is 0.416 e. The summed E-state index contributed by atoms with van der Waals surface area (Å²) in [5, 5.41) is 0.711. The molecule has 0 fully saturated rings. The predicted molar refractivity (Wildman–Crippen MR) is 74.4 cm³/mol. The van der Waals surface area contributed by atoms with E-state index >= 15 is 0 Å². The van der Waals surface area contributed by atoms with E-state index in [1.807, 2.05) is 6.07 Å². The van der Waals surface area contributed by atoms with Crippen LogP contribution in [0.4, 0.5) is 13.2 Å². The number of hydrogen-bond donors (Lipinski definition) is 2. The van der Waals surface area contributed by atoms with E-state index in [4.69, 9.17) is 5.73 Å². The van der Waals surface area contributed by atoms with E-state index < -0.39 is 11.7 Å². The van der Waals surface area contributed by atoms with E-state index in [0.29, 0.717) is 28.8 Å². The summed E-state index contributed by atoms with van der Waals surface area (Å²) in [6, 6.07) is 9.04. The third-order valence-electron chi connectivity index (χ3n) is 3.29. The highest BCUT2D eigenvalue weighted by Gasteiger charge is 2.30. The molecule has 0 amide bonds. The van der Waals surface area contributed by atoms with Crippen LogP contribution in [0.5, 0.6) is 0 Å². The zero-order valence-corrected chi connectivity index (χ0v) is 10.9. The van der Waals surface area contributed by atoms with Crippen molar-refractivity contribution in [1.82, 2.24) is 9.97 Å². The zero-order valence-electron chi connectivity index (χ0n) is 10.9. The Balaban J connectivity index is 2.04. The molecule has 3 nitrogen and oxygen atoms in total. The summed E-state index contributed by atoms with van der Waals surface area (Å²) in [4.78, 5) is 7.22. The first-order chi connectivity index (χ1) is 9.97. The van der Waals surface area contributed by atoms with E-state index in [1.54, 1.807) is 18.3 Å². The lowest BCUT2D eigenvalue weighted by Gasteiger charge is -2.05. The van der Waals surface area contributed by atoms with Crippen LogP contribution in [0.25, 0.3) is 22.3 Å². The molecule has 3 aromatic rings. The molecule has 0 spiro atoms. The molecule has 3 rings (SSSR count). The standard InChI is InChI=1S/C15H12F3N3/c16-15(17,18)11-3-2-10-5-14(21-13(10)6-11)12-4-1-9(7-19)8-20-12/h1-6,8,21H,7,19H2. The topological polar surface area (TPSA) is 54.7 Å². The maximum Gasteiger partial charge on any atom is 0.416 e. The van der Waals surface area contributed by atoms with Gasteiger partial charge in [0.15, 0.2) is 0 Å². The Labute approximate surface area is 118 Å². The fourth-order valence-electron chi connectivity index (χ4n) is 2.15. The third kappa shape index (κ3) is 2.62. The van der Waals surface area contributed by atoms with E-state index in [9.17, 15) is 13.2 Å². The number of pyridine rings is 1. The number of hydrogen-bond acceptors (Lipinski definition) is 2. The number of fused-ring (bicyclic) bond motifs is 1. The van der Waals surface area contributed by atoms with Crippen molar-refractivity contribution in [2.75, 3.05) is 0 Å². The fourth-order valence-corrected chi connectivity index (χ4v) is 2.15. The number of halogens is 3. The van der Waals surface area contributed by atoms with Crippen molar-refractivity contribution in [3.05, 3.63) is 53.7 Å². The van der Waals surface area contributed by atoms with Gasteiger partial charge in [0.05, 0.1) is 17.0 Å². The number of nitrogens with zero attached hydrogens (tertiary/aromatic N) is 1. The van der Waals surface area contributed by atoms with Crippen LogP contribution in [0.15, 0.2) is 42.6 Å². The Hall–Kier alpha value is -2.34. The van der Waals surface area contributed by atoms with E-state index in [0.717, 1.165) is 17.7 Å². The average molecular weight is 291 g/mol. The molecular formula is C15H12F3N3. The van der Waals surface area contributed by atoms with Gasteiger partial charge in [0.1, 0.15) is 0 Å². The average Bonchev–Trinajstić information content (AvgIpc) is 2.89. The number of aromatic nitrogens is 2. The summed E-state index contributed by atoms with van der Waals surface area (Å²) >= 11 is 0. The van der Waals surface area contributed by atoms with Gasteiger partial charge in [0.2, 0.25) is 0 Å². The highest BCUT2D eigenvalue weighted by Crippen LogP contribution is 2.32. The molecule has 2 heterocycles. The van der Waals surface area contributed by atoms with Crippen molar-refractivity contribution in [3.63, 3.8) is 0 Å². The lowest BCUT2D eigenvalue weighted by molar-refractivity contribution is -0.137. The van der Waals surface area contributed by atoms with Crippen LogP contribution in [0.3, 0.4) is 0 Å². The third-order valence-corrected chi connectivity index (χ3v) is 3.29. The van der Waals surface area contributed by atoms with Crippen LogP contribution < -0.4 is 5.73 Å². The highest BCUT2D eigenvalue weighted by atomic mass is 19.4. The first-order valence-electron chi connectivity index (χ1n) is 6.33. The lowest BCUT2D eigenvalue weighted by Crippen LogP contribution is -2.03. The summed E-state index contributed by atoms with van der Waals surface area (Å²) in [6.07, 6.45) is -2.69. The number of benzene rings is 1. The number of alkyl halides is 3. The molecule has 1 aromatic carbocycles. The number of nitrogens with two attached hydrogens (primary N) is 1. The molecule has 0 unspecified atom stereocenters. The van der Waals surface area contributed by atoms with Crippen molar-refractivity contribution < 1.29 is 13.2 Å². The van der Waals surface area contributed by atoms with Gasteiger partial charge in [-0.25, -0.2) is 0 Å². The Morgan fingerprint density at radius 1 is 1.10 bits per heavy atom. The van der Waals surface area contributed by atoms with Crippen LogP contribution in [0.1, 0.15) is 11.1 Å². The molecule has 0 saturated carbocycles. The van der Waals surface area contributed by atoms with Gasteiger partial charge in [-0.3, -0.25) is 4.98 Å². The van der Waals surface area contributed by atoms with Gasteiger partial charge in [-0.2, -0.15) is 13.2 Å². The molecule has 21 heavy (non-hydrogen) atoms. The SMILES string of the molecule is NCc1ccc(-c2cc3ccc(C(F)(F)F)cc3[nH]2)nc1. The number of rotatable bonds is 2. The Morgan fingerprint density at radius 2 is 1.90 bits per heavy atom. The minimum absolute atomic E-state index is 0.398. The van der Waals surface area contributed by atoms with Crippen molar-refractivity contribution in [1.29, 1.82) is 0 Å². The highest BCUT2D eigenvalue weighted by molar-refractivity contribution is 5.85. The molecule has 108 valence electrons. The van der Waals surface area contributed by atoms with E-state index in [-0.39, 0.29) is 0 Å². The lowest BCUT2D eigenvalue weighted by atomic mass is 10.1. The second kappa shape index (κ2) is 4.89. The van der Waals surface area contributed by atoms with Gasteiger partial charge < -0.3 is 10.7 Å². The number of nitrogens with one attached hydrogen (secondary N) is 1. The van der Waals surface area contributed by atoms with Crippen LogP contribution >= 0.6 is 0 Å². The van der Waals surface area contributed by atoms with Crippen molar-refractivity contribution >= 4 is 10.9 Å². The van der Waals surface area contributed by atoms with Gasteiger partial charge in [-0.15, -0.1) is 0 Å². The summed E-state index contributed by atoms with van der Waals surface area (Å²) in [6.45, 7) is 0.398. The Bertz CT molecular complexity index is 773. The second-order valence-electron chi connectivity index (χ2n) is 4.74. The summed E-state index contributed by atoms with van der Waals surface area (Å²) in [5.41, 5.74) is 7.50. The van der Waals surface area contributed by atoms with Crippen LogP contribution in [0, 0.1) is 0 Å².